The van der Waals surface area contributed by atoms with Crippen LogP contribution in [-0.2, 0) is 19.7 Å². The maximum atomic E-state index is 12.2. The summed E-state index contributed by atoms with van der Waals surface area (Å²) in [5, 5.41) is 0. The summed E-state index contributed by atoms with van der Waals surface area (Å²) in [7, 11) is 4.18. The maximum absolute atomic E-state index is 12.2. The summed E-state index contributed by atoms with van der Waals surface area (Å²) >= 11 is 0. The summed E-state index contributed by atoms with van der Waals surface area (Å²) < 4.78 is 21.6. The molecule has 0 radical (unpaired) electrons. The Hall–Kier alpha value is -3.79. The first kappa shape index (κ1) is 26.3. The molecule has 7 nitrogen and oxygen atoms in total. The Balaban J connectivity index is 1.76. The quantitative estimate of drug-likeness (QED) is 0.403. The van der Waals surface area contributed by atoms with Crippen LogP contribution in [0, 0.1) is 11.8 Å². The van der Waals surface area contributed by atoms with E-state index in [1.807, 2.05) is 18.2 Å². The summed E-state index contributed by atoms with van der Waals surface area (Å²) in [6.45, 7) is 0. The van der Waals surface area contributed by atoms with Crippen molar-refractivity contribution in [2.45, 2.75) is 62.9 Å². The number of Topliss-reactive ketones (excluding diaryl/α,β-unsaturated/α-hetero) is 1. The summed E-state index contributed by atoms with van der Waals surface area (Å²) in [5.74, 6) is 7.01. The predicted octanol–water partition coefficient (Wildman–Crippen LogP) is 5.02. The molecule has 0 aromatic heterocycles. The molecule has 0 unspecified atom stereocenters. The minimum Gasteiger partial charge on any atom is -0.493 e. The second-order valence-electron chi connectivity index (χ2n) is 9.54. The lowest BCUT2D eigenvalue weighted by Crippen LogP contribution is -2.30. The van der Waals surface area contributed by atoms with Crippen molar-refractivity contribution in [2.24, 2.45) is 0 Å². The Bertz CT molecular complexity index is 1200. The fourth-order valence-electron chi connectivity index (χ4n) is 5.06. The van der Waals surface area contributed by atoms with Gasteiger partial charge in [-0.1, -0.05) is 17.9 Å². The zero-order valence-electron chi connectivity index (χ0n) is 21.6. The van der Waals surface area contributed by atoms with E-state index in [4.69, 9.17) is 18.9 Å². The van der Waals surface area contributed by atoms with Gasteiger partial charge in [0.15, 0.2) is 11.5 Å². The van der Waals surface area contributed by atoms with E-state index < -0.39 is 17.4 Å². The standard InChI is InChI=1S/C30H32O7/c1-34-26-9-8-23(19-27(26)37-25-6-4-5-7-25)30(14-11-24(31)12-15-30)13-10-20-16-21(28(32)35-2)18-22(17-20)29(33)36-3/h8-9,16-19,25H,4-7,11-12,14-15H2,1-3H3. The highest BCUT2D eigenvalue weighted by Gasteiger charge is 2.36. The molecule has 0 N–H and O–H groups in total. The number of ketones is 1. The molecule has 0 aliphatic heterocycles. The van der Waals surface area contributed by atoms with Crippen LogP contribution >= 0.6 is 0 Å². The lowest BCUT2D eigenvalue weighted by Gasteiger charge is -2.33. The van der Waals surface area contributed by atoms with Gasteiger partial charge in [0, 0.05) is 18.4 Å². The molecule has 2 aromatic rings. The van der Waals surface area contributed by atoms with Crippen LogP contribution in [0.2, 0.25) is 0 Å². The summed E-state index contributed by atoms with van der Waals surface area (Å²) in [4.78, 5) is 36.6. The third-order valence-electron chi connectivity index (χ3n) is 7.19. The number of hydrogen-bond donors (Lipinski definition) is 0. The topological polar surface area (TPSA) is 88.1 Å². The van der Waals surface area contributed by atoms with Crippen LogP contribution in [0.3, 0.4) is 0 Å². The fraction of sp³-hybridized carbons (Fsp3) is 0.433. The van der Waals surface area contributed by atoms with Crippen LogP contribution in [0.4, 0.5) is 0 Å². The summed E-state index contributed by atoms with van der Waals surface area (Å²) in [5.41, 5.74) is 1.26. The molecule has 2 aliphatic rings. The molecule has 0 bridgehead atoms. The zero-order chi connectivity index (χ0) is 26.4. The predicted molar refractivity (Wildman–Crippen MR) is 137 cm³/mol. The molecule has 2 aliphatic carbocycles. The Morgan fingerprint density at radius 3 is 2.05 bits per heavy atom. The third kappa shape index (κ3) is 5.96. The fourth-order valence-corrected chi connectivity index (χ4v) is 5.06. The Kier molecular flexibility index (Phi) is 8.17. The third-order valence-corrected chi connectivity index (χ3v) is 7.19. The van der Waals surface area contributed by atoms with Gasteiger partial charge in [0.25, 0.3) is 0 Å². The van der Waals surface area contributed by atoms with Crippen LogP contribution < -0.4 is 9.47 Å². The molecule has 194 valence electrons. The van der Waals surface area contributed by atoms with Gasteiger partial charge < -0.3 is 18.9 Å². The number of carbonyl (C=O) groups is 3. The Morgan fingerprint density at radius 1 is 0.865 bits per heavy atom. The van der Waals surface area contributed by atoms with E-state index in [9.17, 15) is 14.4 Å². The van der Waals surface area contributed by atoms with Gasteiger partial charge in [0.2, 0.25) is 0 Å². The Labute approximate surface area is 217 Å². The van der Waals surface area contributed by atoms with E-state index in [-0.39, 0.29) is 23.0 Å². The van der Waals surface area contributed by atoms with Crippen molar-refractivity contribution in [3.8, 4) is 23.3 Å². The lowest BCUT2D eigenvalue weighted by molar-refractivity contribution is -0.120. The average molecular weight is 505 g/mol. The average Bonchev–Trinajstić information content (AvgIpc) is 3.45. The van der Waals surface area contributed by atoms with Gasteiger partial charge >= 0.3 is 11.9 Å². The molecular formula is C30H32O7. The van der Waals surface area contributed by atoms with Crippen LogP contribution in [0.1, 0.15) is 83.2 Å². The number of benzene rings is 2. The van der Waals surface area contributed by atoms with Crippen molar-refractivity contribution in [2.75, 3.05) is 21.3 Å². The van der Waals surface area contributed by atoms with E-state index in [2.05, 4.69) is 11.8 Å². The monoisotopic (exact) mass is 504 g/mol. The number of ether oxygens (including phenoxy) is 4. The highest BCUT2D eigenvalue weighted by molar-refractivity contribution is 5.96. The molecule has 0 atom stereocenters. The lowest BCUT2D eigenvalue weighted by atomic mass is 9.69. The maximum Gasteiger partial charge on any atom is 0.337 e. The first-order chi connectivity index (χ1) is 17.9. The minimum absolute atomic E-state index is 0.164. The van der Waals surface area contributed by atoms with Crippen LogP contribution in [0.5, 0.6) is 11.5 Å². The van der Waals surface area contributed by atoms with Crippen molar-refractivity contribution in [3.05, 3.63) is 58.7 Å². The molecule has 0 heterocycles. The highest BCUT2D eigenvalue weighted by atomic mass is 16.5. The molecule has 0 spiro atoms. The first-order valence-corrected chi connectivity index (χ1v) is 12.6. The number of esters is 2. The van der Waals surface area contributed by atoms with Gasteiger partial charge in [-0.3, -0.25) is 4.79 Å². The van der Waals surface area contributed by atoms with Crippen molar-refractivity contribution < 1.29 is 33.3 Å². The van der Waals surface area contributed by atoms with E-state index in [1.165, 1.54) is 20.3 Å². The Morgan fingerprint density at radius 2 is 1.49 bits per heavy atom. The van der Waals surface area contributed by atoms with Gasteiger partial charge in [0.1, 0.15) is 5.78 Å². The van der Waals surface area contributed by atoms with Gasteiger partial charge in [-0.2, -0.15) is 0 Å². The smallest absolute Gasteiger partial charge is 0.337 e. The number of hydrogen-bond acceptors (Lipinski definition) is 7. The molecule has 2 aromatic carbocycles. The van der Waals surface area contributed by atoms with Crippen LogP contribution in [0.15, 0.2) is 36.4 Å². The van der Waals surface area contributed by atoms with Crippen molar-refractivity contribution in [1.82, 2.24) is 0 Å². The van der Waals surface area contributed by atoms with Gasteiger partial charge in [-0.05, 0) is 74.4 Å². The first-order valence-electron chi connectivity index (χ1n) is 12.6. The second-order valence-corrected chi connectivity index (χ2v) is 9.54. The molecule has 4 rings (SSSR count). The summed E-state index contributed by atoms with van der Waals surface area (Å²) in [6.07, 6.45) is 6.49. The molecule has 0 amide bonds. The molecule has 37 heavy (non-hydrogen) atoms. The van der Waals surface area contributed by atoms with Crippen molar-refractivity contribution in [3.63, 3.8) is 0 Å². The molecule has 0 saturated heterocycles. The molecule has 7 heteroatoms. The van der Waals surface area contributed by atoms with Crippen molar-refractivity contribution in [1.29, 1.82) is 0 Å². The number of rotatable bonds is 6. The molecule has 2 saturated carbocycles. The molecular weight excluding hydrogens is 472 g/mol. The zero-order valence-corrected chi connectivity index (χ0v) is 21.6. The van der Waals surface area contributed by atoms with Gasteiger partial charge in [0.05, 0.1) is 44.0 Å². The number of methoxy groups -OCH3 is 3. The second kappa shape index (κ2) is 11.5. The molecule has 2 fully saturated rings. The largest absolute Gasteiger partial charge is 0.493 e. The van der Waals surface area contributed by atoms with E-state index in [1.54, 1.807) is 19.2 Å². The minimum atomic E-state index is -0.597. The van der Waals surface area contributed by atoms with E-state index in [0.29, 0.717) is 42.7 Å². The number of carbonyl (C=O) groups excluding carboxylic acids is 3. The van der Waals surface area contributed by atoms with E-state index >= 15 is 0 Å². The van der Waals surface area contributed by atoms with Gasteiger partial charge in [-0.25, -0.2) is 9.59 Å². The van der Waals surface area contributed by atoms with Crippen LogP contribution in [-0.4, -0.2) is 45.2 Å². The van der Waals surface area contributed by atoms with Gasteiger partial charge in [-0.15, -0.1) is 0 Å². The van der Waals surface area contributed by atoms with E-state index in [0.717, 1.165) is 31.2 Å². The SMILES string of the molecule is COC(=O)c1cc(C#CC2(c3ccc(OC)c(OC4CCCC4)c3)CCC(=O)CC2)cc(C(=O)OC)c1. The van der Waals surface area contributed by atoms with Crippen molar-refractivity contribution >= 4 is 17.7 Å². The highest BCUT2D eigenvalue weighted by Crippen LogP contribution is 2.42. The summed E-state index contributed by atoms with van der Waals surface area (Å²) in [6, 6.07) is 10.5. The normalized spacial score (nSPS) is 16.9. The van der Waals surface area contributed by atoms with Crippen LogP contribution in [0.25, 0.3) is 0 Å².